The van der Waals surface area contributed by atoms with E-state index in [1.807, 2.05) is 24.3 Å². The van der Waals surface area contributed by atoms with Gasteiger partial charge in [-0.05, 0) is 50.2 Å². The van der Waals surface area contributed by atoms with Gasteiger partial charge in [0.15, 0.2) is 11.5 Å². The molecule has 1 aromatic carbocycles. The van der Waals surface area contributed by atoms with Crippen molar-refractivity contribution in [1.82, 2.24) is 9.29 Å². The van der Waals surface area contributed by atoms with E-state index in [0.29, 0.717) is 19.0 Å². The lowest BCUT2D eigenvalue weighted by molar-refractivity contribution is 0.287. The summed E-state index contributed by atoms with van der Waals surface area (Å²) in [5, 5.41) is 0. The van der Waals surface area contributed by atoms with Gasteiger partial charge in [-0.25, -0.2) is 17.7 Å². The van der Waals surface area contributed by atoms with E-state index in [-0.39, 0.29) is 23.6 Å². The maximum Gasteiger partial charge on any atom is 0.214 e. The minimum Gasteiger partial charge on any atom is -0.440 e. The molecule has 1 aliphatic carbocycles. The lowest BCUT2D eigenvalue weighted by atomic mass is 10.00. The molecule has 2 aromatic rings. The standard InChI is InChI=1S/C18H25N3O3S/c19-15-8-7-13(10-15)12-25(22,23)21-9-3-4-14(11-21)18-20-16-5-1-2-6-17(16)24-18/h1-2,5-6,13-15H,3-4,7-12,19H2/t13-,14?,15+/m0/s1. The van der Waals surface area contributed by atoms with Crippen molar-refractivity contribution >= 4 is 21.1 Å². The molecule has 0 spiro atoms. The van der Waals surface area contributed by atoms with Crippen molar-refractivity contribution in [2.45, 2.75) is 44.1 Å². The second-order valence-corrected chi connectivity index (χ2v) is 9.45. The first kappa shape index (κ1) is 17.0. The Labute approximate surface area is 148 Å². The zero-order valence-corrected chi connectivity index (χ0v) is 15.1. The van der Waals surface area contributed by atoms with Gasteiger partial charge in [0, 0.05) is 25.0 Å². The van der Waals surface area contributed by atoms with E-state index in [2.05, 4.69) is 4.98 Å². The summed E-state index contributed by atoms with van der Waals surface area (Å²) in [4.78, 5) is 4.56. The van der Waals surface area contributed by atoms with Crippen LogP contribution in [0.25, 0.3) is 11.1 Å². The molecule has 0 bridgehead atoms. The van der Waals surface area contributed by atoms with Crippen LogP contribution in [0.1, 0.15) is 43.9 Å². The highest BCUT2D eigenvalue weighted by Gasteiger charge is 2.35. The fourth-order valence-corrected chi connectivity index (χ4v) is 6.05. The van der Waals surface area contributed by atoms with Gasteiger partial charge in [0.05, 0.1) is 5.75 Å². The molecule has 1 unspecified atom stereocenters. The van der Waals surface area contributed by atoms with Crippen molar-refractivity contribution in [3.63, 3.8) is 0 Å². The van der Waals surface area contributed by atoms with E-state index < -0.39 is 10.0 Å². The number of rotatable bonds is 4. The van der Waals surface area contributed by atoms with Gasteiger partial charge in [-0.3, -0.25) is 0 Å². The van der Waals surface area contributed by atoms with E-state index >= 15 is 0 Å². The number of piperidine rings is 1. The molecule has 3 atom stereocenters. The monoisotopic (exact) mass is 363 g/mol. The van der Waals surface area contributed by atoms with Crippen LogP contribution in [0.3, 0.4) is 0 Å². The van der Waals surface area contributed by atoms with Crippen LogP contribution in [0, 0.1) is 5.92 Å². The quantitative estimate of drug-likeness (QED) is 0.901. The predicted octanol–water partition coefficient (Wildman–Crippen LogP) is 2.46. The third-order valence-corrected chi connectivity index (χ3v) is 7.48. The van der Waals surface area contributed by atoms with Gasteiger partial charge in [-0.1, -0.05) is 12.1 Å². The average Bonchev–Trinajstić information content (AvgIpc) is 3.20. The Balaban J connectivity index is 1.48. The molecule has 2 N–H and O–H groups in total. The Kier molecular flexibility index (Phi) is 4.56. The molecule has 1 aromatic heterocycles. The molecule has 1 saturated heterocycles. The molecule has 2 heterocycles. The highest BCUT2D eigenvalue weighted by molar-refractivity contribution is 7.89. The van der Waals surface area contributed by atoms with Gasteiger partial charge in [-0.15, -0.1) is 0 Å². The highest BCUT2D eigenvalue weighted by Crippen LogP contribution is 2.32. The van der Waals surface area contributed by atoms with E-state index in [0.717, 1.165) is 43.2 Å². The molecule has 1 saturated carbocycles. The van der Waals surface area contributed by atoms with Crippen molar-refractivity contribution in [3.8, 4) is 0 Å². The minimum absolute atomic E-state index is 0.0294. The van der Waals surface area contributed by atoms with E-state index in [1.54, 1.807) is 4.31 Å². The van der Waals surface area contributed by atoms with Crippen molar-refractivity contribution < 1.29 is 12.8 Å². The first-order valence-electron chi connectivity index (χ1n) is 9.10. The number of sulfonamides is 1. The fraction of sp³-hybridized carbons (Fsp3) is 0.611. The molecular weight excluding hydrogens is 338 g/mol. The maximum atomic E-state index is 12.8. The van der Waals surface area contributed by atoms with E-state index in [1.165, 1.54) is 0 Å². The van der Waals surface area contributed by atoms with E-state index in [9.17, 15) is 8.42 Å². The molecule has 2 fully saturated rings. The molecule has 2 aliphatic rings. The Morgan fingerprint density at radius 3 is 2.84 bits per heavy atom. The van der Waals surface area contributed by atoms with Crippen molar-refractivity contribution in [2.24, 2.45) is 11.7 Å². The number of aromatic nitrogens is 1. The third-order valence-electron chi connectivity index (χ3n) is 5.47. The Bertz CT molecular complexity index is 815. The minimum atomic E-state index is -3.25. The van der Waals surface area contributed by atoms with Crippen molar-refractivity contribution in [3.05, 3.63) is 30.2 Å². The zero-order chi connectivity index (χ0) is 17.4. The Morgan fingerprint density at radius 1 is 1.24 bits per heavy atom. The fourth-order valence-electron chi connectivity index (χ4n) is 4.13. The topological polar surface area (TPSA) is 89.4 Å². The Morgan fingerprint density at radius 2 is 2.08 bits per heavy atom. The number of nitrogens with two attached hydrogens (primary N) is 1. The van der Waals surface area contributed by atoms with Crippen molar-refractivity contribution in [1.29, 1.82) is 0 Å². The summed E-state index contributed by atoms with van der Waals surface area (Å²) in [6.07, 6.45) is 4.43. The van der Waals surface area contributed by atoms with Crippen LogP contribution in [0.4, 0.5) is 0 Å². The molecule has 7 heteroatoms. The van der Waals surface area contributed by atoms with Gasteiger partial charge in [0.25, 0.3) is 0 Å². The van der Waals surface area contributed by atoms with Crippen LogP contribution in [0.15, 0.2) is 28.7 Å². The SMILES string of the molecule is N[C@@H]1CC[C@H](CS(=O)(=O)N2CCCC(c3nc4ccccc4o3)C2)C1. The molecular formula is C18H25N3O3S. The van der Waals surface area contributed by atoms with Crippen molar-refractivity contribution in [2.75, 3.05) is 18.8 Å². The maximum absolute atomic E-state index is 12.8. The van der Waals surface area contributed by atoms with Gasteiger partial charge >= 0.3 is 0 Å². The number of nitrogens with zero attached hydrogens (tertiary/aromatic N) is 2. The summed E-state index contributed by atoms with van der Waals surface area (Å²) in [5.41, 5.74) is 7.52. The van der Waals surface area contributed by atoms with Gasteiger partial charge in [0.1, 0.15) is 5.52 Å². The molecule has 1 aliphatic heterocycles. The van der Waals surface area contributed by atoms with Gasteiger partial charge in [0.2, 0.25) is 10.0 Å². The molecule has 6 nitrogen and oxygen atoms in total. The molecule has 4 rings (SSSR count). The Hall–Kier alpha value is -1.44. The number of benzene rings is 1. The van der Waals surface area contributed by atoms with E-state index in [4.69, 9.17) is 10.2 Å². The average molecular weight is 363 g/mol. The molecule has 25 heavy (non-hydrogen) atoms. The number of hydrogen-bond acceptors (Lipinski definition) is 5. The molecule has 0 radical (unpaired) electrons. The van der Waals surface area contributed by atoms with Crippen LogP contribution >= 0.6 is 0 Å². The van der Waals surface area contributed by atoms with Gasteiger partial charge in [-0.2, -0.15) is 0 Å². The number of para-hydroxylation sites is 2. The van der Waals surface area contributed by atoms with Crippen LogP contribution in [-0.2, 0) is 10.0 Å². The van der Waals surface area contributed by atoms with Crippen LogP contribution in [-0.4, -0.2) is 42.6 Å². The summed E-state index contributed by atoms with van der Waals surface area (Å²) in [6.45, 7) is 1.06. The number of hydrogen-bond donors (Lipinski definition) is 1. The first-order chi connectivity index (χ1) is 12.0. The smallest absolute Gasteiger partial charge is 0.214 e. The highest BCUT2D eigenvalue weighted by atomic mass is 32.2. The number of oxazole rings is 1. The molecule has 0 amide bonds. The van der Waals surface area contributed by atoms with Gasteiger partial charge < -0.3 is 10.2 Å². The van der Waals surface area contributed by atoms with Crippen LogP contribution < -0.4 is 5.73 Å². The zero-order valence-electron chi connectivity index (χ0n) is 14.3. The lowest BCUT2D eigenvalue weighted by Gasteiger charge is -2.31. The summed E-state index contributed by atoms with van der Waals surface area (Å²) in [7, 11) is -3.25. The summed E-state index contributed by atoms with van der Waals surface area (Å²) in [5.74, 6) is 1.11. The third kappa shape index (κ3) is 3.59. The second-order valence-electron chi connectivity index (χ2n) is 7.43. The predicted molar refractivity (Wildman–Crippen MR) is 96.7 cm³/mol. The first-order valence-corrected chi connectivity index (χ1v) is 10.7. The molecule has 136 valence electrons. The van der Waals surface area contributed by atoms with Crippen LogP contribution in [0.2, 0.25) is 0 Å². The second kappa shape index (κ2) is 6.70. The lowest BCUT2D eigenvalue weighted by Crippen LogP contribution is -2.41. The van der Waals surface area contributed by atoms with Crippen LogP contribution in [0.5, 0.6) is 0 Å². The number of fused-ring (bicyclic) bond motifs is 1. The summed E-state index contributed by atoms with van der Waals surface area (Å²) < 4.78 is 33.2. The summed E-state index contributed by atoms with van der Waals surface area (Å²) in [6, 6.07) is 7.82. The summed E-state index contributed by atoms with van der Waals surface area (Å²) >= 11 is 0. The normalized spacial score (nSPS) is 28.6. The largest absolute Gasteiger partial charge is 0.440 e.